The number of nitrogens with zero attached hydrogens (tertiary/aromatic N) is 3. The molecular formula is C23H31N5O4. The van der Waals surface area contributed by atoms with Crippen LogP contribution in [-0.4, -0.2) is 64.7 Å². The van der Waals surface area contributed by atoms with E-state index in [4.69, 9.17) is 4.74 Å². The van der Waals surface area contributed by atoms with Crippen LogP contribution in [0.2, 0.25) is 0 Å². The van der Waals surface area contributed by atoms with Crippen LogP contribution in [-0.2, 0) is 21.4 Å². The molecule has 2 saturated heterocycles. The molecule has 0 bridgehead atoms. The summed E-state index contributed by atoms with van der Waals surface area (Å²) in [5, 5.41) is 10.8. The fourth-order valence-corrected chi connectivity index (χ4v) is 4.69. The number of para-hydroxylation sites is 1. The highest BCUT2D eigenvalue weighted by Gasteiger charge is 2.32. The summed E-state index contributed by atoms with van der Waals surface area (Å²) in [6.45, 7) is 5.24. The summed E-state index contributed by atoms with van der Waals surface area (Å²) in [5.74, 6) is -0.643. The second kappa shape index (κ2) is 9.68. The molecule has 2 fully saturated rings. The standard InChI is InChI=1S/C23H31N5O4/c1-3-11-28-12-9-15(10-13-28)24-20(30)14-32-18-6-4-5-16-21(26-27(2)22(16)18)17-7-8-19(29)25-23(17)31/h4-6,15,17H,3,7-14H2,1-2H3,(H,24,30)(H,25,29,31). The number of benzene rings is 1. The Balaban J connectivity index is 1.41. The second-order valence-electron chi connectivity index (χ2n) is 8.64. The first-order valence-corrected chi connectivity index (χ1v) is 11.4. The van der Waals surface area contributed by atoms with E-state index in [0.717, 1.165) is 49.8 Å². The maximum absolute atomic E-state index is 12.5. The third-order valence-electron chi connectivity index (χ3n) is 6.28. The van der Waals surface area contributed by atoms with Crippen molar-refractivity contribution in [2.24, 2.45) is 7.05 Å². The molecule has 1 atom stereocenters. The van der Waals surface area contributed by atoms with E-state index in [1.807, 2.05) is 12.1 Å². The number of fused-ring (bicyclic) bond motifs is 1. The SMILES string of the molecule is CCCN1CCC(NC(=O)COc2cccc3c(C4CCC(=O)NC4=O)nn(C)c23)CC1. The van der Waals surface area contributed by atoms with Crippen molar-refractivity contribution in [3.63, 3.8) is 0 Å². The van der Waals surface area contributed by atoms with Crippen molar-refractivity contribution in [1.82, 2.24) is 25.3 Å². The molecule has 1 unspecified atom stereocenters. The number of aromatic nitrogens is 2. The quantitative estimate of drug-likeness (QED) is 0.631. The molecule has 0 aliphatic carbocycles. The lowest BCUT2D eigenvalue weighted by Gasteiger charge is -2.32. The van der Waals surface area contributed by atoms with Crippen LogP contribution < -0.4 is 15.4 Å². The minimum Gasteiger partial charge on any atom is -0.482 e. The van der Waals surface area contributed by atoms with Gasteiger partial charge in [-0.15, -0.1) is 0 Å². The number of hydrogen-bond donors (Lipinski definition) is 2. The van der Waals surface area contributed by atoms with Crippen molar-refractivity contribution < 1.29 is 19.1 Å². The lowest BCUT2D eigenvalue weighted by molar-refractivity contribution is -0.134. The molecule has 0 spiro atoms. The molecular weight excluding hydrogens is 410 g/mol. The average molecular weight is 442 g/mol. The highest BCUT2D eigenvalue weighted by atomic mass is 16.5. The van der Waals surface area contributed by atoms with Crippen molar-refractivity contribution in [2.45, 2.75) is 51.0 Å². The fraction of sp³-hybridized carbons (Fsp3) is 0.565. The molecule has 2 aromatic rings. The number of rotatable bonds is 7. The van der Waals surface area contributed by atoms with Gasteiger partial charge in [-0.2, -0.15) is 5.10 Å². The Kier molecular flexibility index (Phi) is 6.74. The molecule has 9 nitrogen and oxygen atoms in total. The maximum atomic E-state index is 12.5. The minimum atomic E-state index is -0.478. The monoisotopic (exact) mass is 441 g/mol. The molecule has 0 radical (unpaired) electrons. The third-order valence-corrected chi connectivity index (χ3v) is 6.28. The Morgan fingerprint density at radius 1 is 1.25 bits per heavy atom. The highest BCUT2D eigenvalue weighted by molar-refractivity contribution is 6.03. The van der Waals surface area contributed by atoms with E-state index in [1.54, 1.807) is 17.8 Å². The van der Waals surface area contributed by atoms with Crippen LogP contribution in [0.15, 0.2) is 18.2 Å². The van der Waals surface area contributed by atoms with E-state index < -0.39 is 5.92 Å². The number of aryl methyl sites for hydroxylation is 1. The van der Waals surface area contributed by atoms with E-state index >= 15 is 0 Å². The van der Waals surface area contributed by atoms with Crippen molar-refractivity contribution in [3.8, 4) is 5.75 Å². The first-order chi connectivity index (χ1) is 15.5. The van der Waals surface area contributed by atoms with Gasteiger partial charge < -0.3 is 15.0 Å². The zero-order chi connectivity index (χ0) is 22.7. The minimum absolute atomic E-state index is 0.0762. The Labute approximate surface area is 187 Å². The largest absolute Gasteiger partial charge is 0.482 e. The third kappa shape index (κ3) is 4.77. The van der Waals surface area contributed by atoms with Crippen molar-refractivity contribution in [3.05, 3.63) is 23.9 Å². The van der Waals surface area contributed by atoms with Crippen LogP contribution in [0.4, 0.5) is 0 Å². The molecule has 4 rings (SSSR count). The number of nitrogens with one attached hydrogen (secondary N) is 2. The van der Waals surface area contributed by atoms with Gasteiger partial charge in [0.15, 0.2) is 6.61 Å². The molecule has 172 valence electrons. The molecule has 2 aliphatic rings. The number of carbonyl (C=O) groups is 3. The molecule has 2 aliphatic heterocycles. The predicted molar refractivity (Wildman–Crippen MR) is 119 cm³/mol. The first-order valence-electron chi connectivity index (χ1n) is 11.4. The van der Waals surface area contributed by atoms with Crippen LogP contribution in [0.5, 0.6) is 5.75 Å². The van der Waals surface area contributed by atoms with Gasteiger partial charge >= 0.3 is 0 Å². The summed E-state index contributed by atoms with van der Waals surface area (Å²) in [5.41, 5.74) is 1.36. The number of amides is 3. The molecule has 0 saturated carbocycles. The Bertz CT molecular complexity index is 1010. The van der Waals surface area contributed by atoms with Gasteiger partial charge in [-0.3, -0.25) is 24.4 Å². The Morgan fingerprint density at radius 2 is 2.03 bits per heavy atom. The van der Waals surface area contributed by atoms with E-state index in [2.05, 4.69) is 27.6 Å². The van der Waals surface area contributed by atoms with Gasteiger partial charge in [-0.1, -0.05) is 19.1 Å². The van der Waals surface area contributed by atoms with Crippen molar-refractivity contribution in [2.75, 3.05) is 26.2 Å². The molecule has 9 heteroatoms. The number of carbonyl (C=O) groups excluding carboxylic acids is 3. The molecule has 1 aromatic heterocycles. The lowest BCUT2D eigenvalue weighted by atomic mass is 9.93. The zero-order valence-electron chi connectivity index (χ0n) is 18.7. The van der Waals surface area contributed by atoms with Gasteiger partial charge in [0, 0.05) is 38.0 Å². The van der Waals surface area contributed by atoms with Gasteiger partial charge in [0.25, 0.3) is 5.91 Å². The number of ether oxygens (including phenoxy) is 1. The van der Waals surface area contributed by atoms with Gasteiger partial charge in [0.1, 0.15) is 11.3 Å². The van der Waals surface area contributed by atoms with Gasteiger partial charge in [0.2, 0.25) is 11.8 Å². The summed E-state index contributed by atoms with van der Waals surface area (Å²) in [7, 11) is 1.79. The van der Waals surface area contributed by atoms with Crippen molar-refractivity contribution >= 4 is 28.6 Å². The smallest absolute Gasteiger partial charge is 0.258 e. The highest BCUT2D eigenvalue weighted by Crippen LogP contribution is 2.34. The lowest BCUT2D eigenvalue weighted by Crippen LogP contribution is -2.46. The number of piperidine rings is 2. The summed E-state index contributed by atoms with van der Waals surface area (Å²) >= 11 is 0. The molecule has 3 amide bonds. The molecule has 2 N–H and O–H groups in total. The van der Waals surface area contributed by atoms with Crippen LogP contribution >= 0.6 is 0 Å². The van der Waals surface area contributed by atoms with E-state index in [-0.39, 0.29) is 30.4 Å². The molecule has 1 aromatic carbocycles. The topological polar surface area (TPSA) is 106 Å². The van der Waals surface area contributed by atoms with Gasteiger partial charge in [-0.25, -0.2) is 0 Å². The van der Waals surface area contributed by atoms with Gasteiger partial charge in [0.05, 0.1) is 11.6 Å². The van der Waals surface area contributed by atoms with Gasteiger partial charge in [-0.05, 0) is 38.3 Å². The molecule has 3 heterocycles. The van der Waals surface area contributed by atoms with E-state index in [1.165, 1.54) is 0 Å². The summed E-state index contributed by atoms with van der Waals surface area (Å²) < 4.78 is 7.54. The van der Waals surface area contributed by atoms with Crippen LogP contribution in [0, 0.1) is 0 Å². The van der Waals surface area contributed by atoms with Crippen LogP contribution in [0.1, 0.15) is 50.6 Å². The van der Waals surface area contributed by atoms with Crippen LogP contribution in [0.3, 0.4) is 0 Å². The number of imide groups is 1. The summed E-state index contributed by atoms with van der Waals surface area (Å²) in [4.78, 5) is 38.7. The second-order valence-corrected chi connectivity index (χ2v) is 8.64. The Morgan fingerprint density at radius 3 is 2.75 bits per heavy atom. The average Bonchev–Trinajstić information content (AvgIpc) is 3.11. The van der Waals surface area contributed by atoms with E-state index in [0.29, 0.717) is 24.3 Å². The number of likely N-dealkylation sites (tertiary alicyclic amines) is 1. The fourth-order valence-electron chi connectivity index (χ4n) is 4.69. The summed E-state index contributed by atoms with van der Waals surface area (Å²) in [6.07, 6.45) is 3.79. The Hall–Kier alpha value is -2.94. The van der Waals surface area contributed by atoms with Crippen LogP contribution in [0.25, 0.3) is 10.9 Å². The first kappa shape index (κ1) is 22.3. The zero-order valence-corrected chi connectivity index (χ0v) is 18.7. The van der Waals surface area contributed by atoms with E-state index in [9.17, 15) is 14.4 Å². The summed E-state index contributed by atoms with van der Waals surface area (Å²) in [6, 6.07) is 5.70. The predicted octanol–water partition coefficient (Wildman–Crippen LogP) is 1.46. The molecule has 32 heavy (non-hydrogen) atoms. The number of hydrogen-bond acceptors (Lipinski definition) is 6. The maximum Gasteiger partial charge on any atom is 0.258 e. The van der Waals surface area contributed by atoms with Crippen molar-refractivity contribution in [1.29, 1.82) is 0 Å². The normalized spacial score (nSPS) is 20.4.